The molecule has 2 aromatic rings. The van der Waals surface area contributed by atoms with E-state index in [4.69, 9.17) is 0 Å². The normalized spacial score (nSPS) is 12.9. The van der Waals surface area contributed by atoms with E-state index in [9.17, 15) is 27.2 Å². The molecule has 2 rings (SSSR count). The highest BCUT2D eigenvalue weighted by Gasteiger charge is 2.33. The van der Waals surface area contributed by atoms with Crippen LogP contribution in [-0.4, -0.2) is 21.6 Å². The SMILES string of the molecule is CC(C)C(NC(=O)CSc1nc(C(F)(F)F)cc(=O)[nH]1)c1ccc(F)cc1. The van der Waals surface area contributed by atoms with Crippen LogP contribution >= 0.6 is 11.8 Å². The molecule has 1 aromatic heterocycles. The number of benzene rings is 1. The zero-order valence-corrected chi connectivity index (χ0v) is 15.2. The summed E-state index contributed by atoms with van der Waals surface area (Å²) >= 11 is 0.686. The fourth-order valence-corrected chi connectivity index (χ4v) is 2.99. The van der Waals surface area contributed by atoms with E-state index < -0.39 is 35.2 Å². The highest BCUT2D eigenvalue weighted by Crippen LogP contribution is 2.27. The summed E-state index contributed by atoms with van der Waals surface area (Å²) in [5.74, 6) is -1.10. The lowest BCUT2D eigenvalue weighted by Gasteiger charge is -2.23. The van der Waals surface area contributed by atoms with Crippen LogP contribution in [0.5, 0.6) is 0 Å². The van der Waals surface area contributed by atoms with Gasteiger partial charge in [0.25, 0.3) is 5.56 Å². The van der Waals surface area contributed by atoms with E-state index in [1.807, 2.05) is 13.8 Å². The van der Waals surface area contributed by atoms with E-state index in [2.05, 4.69) is 15.3 Å². The number of hydrogen-bond donors (Lipinski definition) is 2. The summed E-state index contributed by atoms with van der Waals surface area (Å²) in [6, 6.07) is 5.63. The number of nitrogens with one attached hydrogen (secondary N) is 2. The molecule has 1 aromatic carbocycles. The van der Waals surface area contributed by atoms with Crippen LogP contribution < -0.4 is 10.9 Å². The Morgan fingerprint density at radius 3 is 2.44 bits per heavy atom. The number of carbonyl (C=O) groups is 1. The summed E-state index contributed by atoms with van der Waals surface area (Å²) in [5.41, 5.74) is -1.57. The van der Waals surface area contributed by atoms with Gasteiger partial charge in [-0.2, -0.15) is 13.2 Å². The topological polar surface area (TPSA) is 74.8 Å². The maximum absolute atomic E-state index is 13.1. The molecule has 0 bridgehead atoms. The highest BCUT2D eigenvalue weighted by atomic mass is 32.2. The zero-order chi connectivity index (χ0) is 20.2. The van der Waals surface area contributed by atoms with E-state index in [1.165, 1.54) is 12.1 Å². The van der Waals surface area contributed by atoms with Gasteiger partial charge in [-0.1, -0.05) is 37.7 Å². The number of aromatic nitrogens is 2. The molecule has 1 heterocycles. The number of aromatic amines is 1. The molecule has 0 saturated heterocycles. The average Bonchev–Trinajstić information content (AvgIpc) is 2.57. The van der Waals surface area contributed by atoms with Crippen molar-refractivity contribution in [2.24, 2.45) is 5.92 Å². The molecule has 0 aliphatic rings. The van der Waals surface area contributed by atoms with Crippen LogP contribution in [0.1, 0.15) is 31.1 Å². The summed E-state index contributed by atoms with van der Waals surface area (Å²) in [5, 5.41) is 2.46. The fraction of sp³-hybridized carbons (Fsp3) is 0.353. The Hall–Kier alpha value is -2.36. The zero-order valence-electron chi connectivity index (χ0n) is 14.4. The molecule has 0 aliphatic carbocycles. The summed E-state index contributed by atoms with van der Waals surface area (Å²) in [6.07, 6.45) is -4.75. The molecule has 5 nitrogen and oxygen atoms in total. The van der Waals surface area contributed by atoms with Crippen molar-refractivity contribution in [2.45, 2.75) is 31.2 Å². The first-order chi connectivity index (χ1) is 12.6. The lowest BCUT2D eigenvalue weighted by molar-refractivity contribution is -0.141. The minimum atomic E-state index is -4.75. The van der Waals surface area contributed by atoms with Crippen LogP contribution in [0.3, 0.4) is 0 Å². The van der Waals surface area contributed by atoms with Gasteiger partial charge in [-0.3, -0.25) is 9.59 Å². The monoisotopic (exact) mass is 403 g/mol. The molecule has 146 valence electrons. The van der Waals surface area contributed by atoms with Gasteiger partial charge in [0.15, 0.2) is 10.9 Å². The van der Waals surface area contributed by atoms with Gasteiger partial charge in [-0.15, -0.1) is 0 Å². The largest absolute Gasteiger partial charge is 0.433 e. The Bertz CT molecular complexity index is 850. The Balaban J connectivity index is 2.05. The Kier molecular flexibility index (Phi) is 6.63. The van der Waals surface area contributed by atoms with Crippen molar-refractivity contribution >= 4 is 17.7 Å². The van der Waals surface area contributed by atoms with Crippen LogP contribution in [0.25, 0.3) is 0 Å². The van der Waals surface area contributed by atoms with E-state index in [1.54, 1.807) is 12.1 Å². The van der Waals surface area contributed by atoms with E-state index >= 15 is 0 Å². The van der Waals surface area contributed by atoms with Gasteiger partial charge in [-0.05, 0) is 23.6 Å². The summed E-state index contributed by atoms with van der Waals surface area (Å²) in [6.45, 7) is 3.74. The molecule has 0 radical (unpaired) electrons. The maximum atomic E-state index is 13.1. The number of rotatable bonds is 6. The molecule has 0 fully saturated rings. The molecule has 27 heavy (non-hydrogen) atoms. The van der Waals surface area contributed by atoms with Gasteiger partial charge in [0.05, 0.1) is 11.8 Å². The summed E-state index contributed by atoms with van der Waals surface area (Å²) in [4.78, 5) is 29.0. The number of H-pyrrole nitrogens is 1. The van der Waals surface area contributed by atoms with Gasteiger partial charge in [0.2, 0.25) is 5.91 Å². The van der Waals surface area contributed by atoms with Crippen LogP contribution in [0.4, 0.5) is 17.6 Å². The van der Waals surface area contributed by atoms with Crippen LogP contribution in [0.2, 0.25) is 0 Å². The van der Waals surface area contributed by atoms with E-state index in [0.717, 1.165) is 0 Å². The van der Waals surface area contributed by atoms with Crippen LogP contribution in [-0.2, 0) is 11.0 Å². The second-order valence-electron chi connectivity index (χ2n) is 6.06. The highest BCUT2D eigenvalue weighted by molar-refractivity contribution is 7.99. The number of amides is 1. The minimum Gasteiger partial charge on any atom is -0.348 e. The molecule has 10 heteroatoms. The third-order valence-corrected chi connectivity index (χ3v) is 4.44. The third kappa shape index (κ3) is 6.09. The number of halogens is 4. The van der Waals surface area contributed by atoms with Crippen LogP contribution in [0.15, 0.2) is 40.3 Å². The predicted molar refractivity (Wildman–Crippen MR) is 92.7 cm³/mol. The summed E-state index contributed by atoms with van der Waals surface area (Å²) in [7, 11) is 0. The van der Waals surface area contributed by atoms with Gasteiger partial charge in [-0.25, -0.2) is 9.37 Å². The van der Waals surface area contributed by atoms with Crippen molar-refractivity contribution in [3.05, 3.63) is 57.8 Å². The van der Waals surface area contributed by atoms with Crippen molar-refractivity contribution in [3.63, 3.8) is 0 Å². The lowest BCUT2D eigenvalue weighted by atomic mass is 9.96. The van der Waals surface area contributed by atoms with E-state index in [-0.39, 0.29) is 16.8 Å². The molecule has 0 saturated carbocycles. The quantitative estimate of drug-likeness (QED) is 0.440. The number of carbonyl (C=O) groups excluding carboxylic acids is 1. The maximum Gasteiger partial charge on any atom is 0.433 e. The smallest absolute Gasteiger partial charge is 0.348 e. The first-order valence-electron chi connectivity index (χ1n) is 7.92. The molecule has 0 spiro atoms. The fourth-order valence-electron chi connectivity index (χ4n) is 2.30. The van der Waals surface area contributed by atoms with Gasteiger partial charge in [0, 0.05) is 6.07 Å². The molecule has 1 unspecified atom stereocenters. The molecule has 0 aliphatic heterocycles. The minimum absolute atomic E-state index is 0.00380. The second kappa shape index (κ2) is 8.55. The molecular formula is C17H17F4N3O2S. The average molecular weight is 403 g/mol. The lowest BCUT2D eigenvalue weighted by Crippen LogP contribution is -2.33. The number of nitrogens with zero attached hydrogens (tertiary/aromatic N) is 1. The Morgan fingerprint density at radius 2 is 1.89 bits per heavy atom. The van der Waals surface area contributed by atoms with Crippen molar-refractivity contribution in [2.75, 3.05) is 5.75 Å². The standard InChI is InChI=1S/C17H17F4N3O2S/c1-9(2)15(10-3-5-11(18)6-4-10)23-14(26)8-27-16-22-12(17(19,20)21)7-13(25)24-16/h3-7,9,15H,8H2,1-2H3,(H,23,26)(H,22,24,25). The number of alkyl halides is 3. The molecule has 1 amide bonds. The summed E-state index contributed by atoms with van der Waals surface area (Å²) < 4.78 is 51.1. The molecular weight excluding hydrogens is 386 g/mol. The van der Waals surface area contributed by atoms with Crippen molar-refractivity contribution < 1.29 is 22.4 Å². The van der Waals surface area contributed by atoms with Gasteiger partial charge >= 0.3 is 6.18 Å². The number of hydrogen-bond acceptors (Lipinski definition) is 4. The Morgan fingerprint density at radius 1 is 1.26 bits per heavy atom. The number of thioether (sulfide) groups is 1. The molecule has 1 atom stereocenters. The van der Waals surface area contributed by atoms with Crippen molar-refractivity contribution in [1.29, 1.82) is 0 Å². The van der Waals surface area contributed by atoms with Gasteiger partial charge < -0.3 is 10.3 Å². The van der Waals surface area contributed by atoms with Crippen molar-refractivity contribution in [3.8, 4) is 0 Å². The third-order valence-electron chi connectivity index (χ3n) is 3.56. The van der Waals surface area contributed by atoms with Crippen LogP contribution in [0, 0.1) is 11.7 Å². The van der Waals surface area contributed by atoms with Gasteiger partial charge in [0.1, 0.15) is 5.82 Å². The molecule has 2 N–H and O–H groups in total. The second-order valence-corrected chi connectivity index (χ2v) is 7.03. The van der Waals surface area contributed by atoms with E-state index in [0.29, 0.717) is 23.4 Å². The predicted octanol–water partition coefficient (Wildman–Crippen LogP) is 3.53. The Labute approximate surface area is 156 Å². The first-order valence-corrected chi connectivity index (χ1v) is 8.91. The van der Waals surface area contributed by atoms with Crippen molar-refractivity contribution in [1.82, 2.24) is 15.3 Å². The first kappa shape index (κ1) is 20.9.